The number of piperazine rings is 1. The van der Waals surface area contributed by atoms with Crippen LogP contribution in [-0.4, -0.2) is 76.1 Å². The number of halogens is 3. The van der Waals surface area contributed by atoms with Gasteiger partial charge in [0.15, 0.2) is 0 Å². The third-order valence-electron chi connectivity index (χ3n) is 5.52. The molecule has 12 heteroatoms. The number of nitrogens with zero attached hydrogens (tertiary/aromatic N) is 5. The zero-order valence-corrected chi connectivity index (χ0v) is 18.7. The second kappa shape index (κ2) is 10.0. The van der Waals surface area contributed by atoms with Gasteiger partial charge in [0.2, 0.25) is 0 Å². The number of benzene rings is 2. The molecule has 2 heterocycles. The SMILES string of the molecule is COC(=O)N1CCN(C(=O)n2ncc(-c3ccc(OC(F)(F)F)cc3)n2)C(Cc2ccccc2)C1. The normalized spacial score (nSPS) is 16.2. The first kappa shape index (κ1) is 24.0. The Balaban J connectivity index is 1.51. The first-order valence-corrected chi connectivity index (χ1v) is 10.7. The molecular formula is C23H22F3N5O4. The standard InChI is InChI=1S/C23H22F3N5O4/c1-34-22(33)29-11-12-30(18(15-29)13-16-5-3-2-4-6-16)21(32)31-27-14-20(28-31)17-7-9-19(10-8-17)35-23(24,25)26/h2-10,14,18H,11-13,15H2,1H3. The van der Waals surface area contributed by atoms with Gasteiger partial charge < -0.3 is 19.3 Å². The third-order valence-corrected chi connectivity index (χ3v) is 5.52. The zero-order valence-electron chi connectivity index (χ0n) is 18.7. The Morgan fingerprint density at radius 1 is 1.06 bits per heavy atom. The van der Waals surface area contributed by atoms with Gasteiger partial charge in [0, 0.05) is 25.2 Å². The highest BCUT2D eigenvalue weighted by molar-refractivity contribution is 5.77. The number of hydrogen-bond donors (Lipinski definition) is 0. The van der Waals surface area contributed by atoms with Gasteiger partial charge in [-0.3, -0.25) is 0 Å². The lowest BCUT2D eigenvalue weighted by molar-refractivity contribution is -0.274. The lowest BCUT2D eigenvalue weighted by atomic mass is 10.0. The number of rotatable bonds is 4. The number of methoxy groups -OCH3 is 1. The Morgan fingerprint density at radius 3 is 2.43 bits per heavy atom. The summed E-state index contributed by atoms with van der Waals surface area (Å²) in [5.74, 6) is -0.364. The fraction of sp³-hybridized carbons (Fsp3) is 0.304. The molecular weight excluding hydrogens is 467 g/mol. The van der Waals surface area contributed by atoms with Crippen LogP contribution in [0.2, 0.25) is 0 Å². The summed E-state index contributed by atoms with van der Waals surface area (Å²) >= 11 is 0. The molecule has 4 rings (SSSR count). The molecule has 0 radical (unpaired) electrons. The molecule has 0 N–H and O–H groups in total. The van der Waals surface area contributed by atoms with Gasteiger partial charge in [-0.25, -0.2) is 9.59 Å². The molecule has 0 bridgehead atoms. The van der Waals surface area contributed by atoms with E-state index in [1.807, 2.05) is 30.3 Å². The maximum Gasteiger partial charge on any atom is 0.573 e. The molecule has 1 aromatic heterocycles. The van der Waals surface area contributed by atoms with Crippen molar-refractivity contribution in [1.29, 1.82) is 0 Å². The molecule has 1 aliphatic rings. The average molecular weight is 489 g/mol. The van der Waals surface area contributed by atoms with Gasteiger partial charge in [0.05, 0.1) is 19.3 Å². The third kappa shape index (κ3) is 5.89. The van der Waals surface area contributed by atoms with Gasteiger partial charge in [0.1, 0.15) is 11.4 Å². The quantitative estimate of drug-likeness (QED) is 0.554. The fourth-order valence-corrected chi connectivity index (χ4v) is 3.89. The minimum atomic E-state index is -4.79. The summed E-state index contributed by atoms with van der Waals surface area (Å²) in [5, 5.41) is 8.28. The van der Waals surface area contributed by atoms with Crippen LogP contribution in [0.15, 0.2) is 60.8 Å². The highest BCUT2D eigenvalue weighted by Gasteiger charge is 2.34. The number of alkyl halides is 3. The summed E-state index contributed by atoms with van der Waals surface area (Å²) in [6, 6.07) is 13.9. The smallest absolute Gasteiger partial charge is 0.453 e. The van der Waals surface area contributed by atoms with E-state index in [9.17, 15) is 22.8 Å². The Hall–Kier alpha value is -4.09. The highest BCUT2D eigenvalue weighted by Crippen LogP contribution is 2.25. The van der Waals surface area contributed by atoms with Gasteiger partial charge in [-0.15, -0.1) is 18.3 Å². The molecule has 9 nitrogen and oxygen atoms in total. The monoisotopic (exact) mass is 489 g/mol. The van der Waals surface area contributed by atoms with Crippen LogP contribution in [0.5, 0.6) is 5.75 Å². The van der Waals surface area contributed by atoms with E-state index < -0.39 is 18.5 Å². The average Bonchev–Trinajstić information content (AvgIpc) is 3.33. The van der Waals surface area contributed by atoms with Crippen LogP contribution in [0.1, 0.15) is 5.56 Å². The molecule has 1 atom stereocenters. The fourth-order valence-electron chi connectivity index (χ4n) is 3.89. The van der Waals surface area contributed by atoms with Crippen LogP contribution < -0.4 is 4.74 Å². The van der Waals surface area contributed by atoms with E-state index in [1.54, 1.807) is 9.80 Å². The molecule has 0 aliphatic carbocycles. The molecule has 3 aromatic rings. The van der Waals surface area contributed by atoms with E-state index in [0.717, 1.165) is 22.5 Å². The Labute approximate surface area is 198 Å². The molecule has 0 saturated carbocycles. The van der Waals surface area contributed by atoms with Gasteiger partial charge in [-0.1, -0.05) is 35.1 Å². The van der Waals surface area contributed by atoms with Crippen molar-refractivity contribution in [3.05, 3.63) is 66.4 Å². The molecule has 1 aliphatic heterocycles. The number of amides is 2. The lowest BCUT2D eigenvalue weighted by Crippen LogP contribution is -2.58. The molecule has 2 aromatic carbocycles. The number of aromatic nitrogens is 3. The van der Waals surface area contributed by atoms with E-state index in [1.165, 1.54) is 25.4 Å². The summed E-state index contributed by atoms with van der Waals surface area (Å²) in [4.78, 5) is 29.5. The summed E-state index contributed by atoms with van der Waals surface area (Å²) in [5.41, 5.74) is 1.77. The van der Waals surface area contributed by atoms with Gasteiger partial charge in [-0.2, -0.15) is 5.10 Å². The van der Waals surface area contributed by atoms with Crippen molar-refractivity contribution in [3.63, 3.8) is 0 Å². The van der Waals surface area contributed by atoms with E-state index in [-0.39, 0.29) is 24.9 Å². The molecule has 1 saturated heterocycles. The number of carbonyl (C=O) groups is 2. The molecule has 184 valence electrons. The highest BCUT2D eigenvalue weighted by atomic mass is 19.4. The van der Waals surface area contributed by atoms with Gasteiger partial charge >= 0.3 is 18.5 Å². The number of hydrogen-bond acceptors (Lipinski definition) is 6. The molecule has 35 heavy (non-hydrogen) atoms. The van der Waals surface area contributed by atoms with Crippen molar-refractivity contribution in [2.75, 3.05) is 26.7 Å². The van der Waals surface area contributed by atoms with Crippen molar-refractivity contribution in [3.8, 4) is 17.0 Å². The minimum absolute atomic E-state index is 0.256. The second-order valence-electron chi connectivity index (χ2n) is 7.83. The Morgan fingerprint density at radius 2 is 1.77 bits per heavy atom. The molecule has 0 spiro atoms. The largest absolute Gasteiger partial charge is 0.573 e. The maximum atomic E-state index is 13.3. The molecule has 1 fully saturated rings. The van der Waals surface area contributed by atoms with E-state index in [4.69, 9.17) is 4.74 Å². The Bertz CT molecular complexity index is 1170. The van der Waals surface area contributed by atoms with Crippen LogP contribution in [-0.2, 0) is 11.2 Å². The van der Waals surface area contributed by atoms with Gasteiger partial charge in [0.25, 0.3) is 0 Å². The van der Waals surface area contributed by atoms with Gasteiger partial charge in [-0.05, 0) is 36.2 Å². The van der Waals surface area contributed by atoms with Crippen molar-refractivity contribution in [1.82, 2.24) is 24.8 Å². The van der Waals surface area contributed by atoms with Crippen LogP contribution in [0.4, 0.5) is 22.8 Å². The lowest BCUT2D eigenvalue weighted by Gasteiger charge is -2.40. The van der Waals surface area contributed by atoms with E-state index in [2.05, 4.69) is 14.9 Å². The van der Waals surface area contributed by atoms with Crippen molar-refractivity contribution >= 4 is 12.1 Å². The van der Waals surface area contributed by atoms with Crippen LogP contribution >= 0.6 is 0 Å². The minimum Gasteiger partial charge on any atom is -0.453 e. The predicted molar refractivity (Wildman–Crippen MR) is 118 cm³/mol. The van der Waals surface area contributed by atoms with Crippen molar-refractivity contribution in [2.24, 2.45) is 0 Å². The van der Waals surface area contributed by atoms with E-state index >= 15 is 0 Å². The first-order chi connectivity index (χ1) is 16.7. The summed E-state index contributed by atoms with van der Waals surface area (Å²) in [7, 11) is 1.31. The Kier molecular flexibility index (Phi) is 6.90. The topological polar surface area (TPSA) is 89.8 Å². The number of carbonyl (C=O) groups excluding carboxylic acids is 2. The number of ether oxygens (including phenoxy) is 2. The van der Waals surface area contributed by atoms with E-state index in [0.29, 0.717) is 24.2 Å². The van der Waals surface area contributed by atoms with Crippen molar-refractivity contribution in [2.45, 2.75) is 18.8 Å². The van der Waals surface area contributed by atoms with Crippen LogP contribution in [0.3, 0.4) is 0 Å². The maximum absolute atomic E-state index is 13.3. The molecule has 1 unspecified atom stereocenters. The summed E-state index contributed by atoms with van der Waals surface area (Å²) in [6.07, 6.45) is -3.39. The van der Waals surface area contributed by atoms with Crippen LogP contribution in [0, 0.1) is 0 Å². The second-order valence-corrected chi connectivity index (χ2v) is 7.83. The summed E-state index contributed by atoms with van der Waals surface area (Å²) < 4.78 is 45.8. The zero-order chi connectivity index (χ0) is 25.0. The predicted octanol–water partition coefficient (Wildman–Crippen LogP) is 3.81. The first-order valence-electron chi connectivity index (χ1n) is 10.7. The van der Waals surface area contributed by atoms with Crippen molar-refractivity contribution < 1.29 is 32.2 Å². The summed E-state index contributed by atoms with van der Waals surface area (Å²) in [6.45, 7) is 0.826. The molecule has 2 amide bonds. The van der Waals surface area contributed by atoms with Crippen LogP contribution in [0.25, 0.3) is 11.3 Å².